The van der Waals surface area contributed by atoms with Crippen LogP contribution in [0, 0.1) is 20.8 Å². The first-order valence-electron chi connectivity index (χ1n) is 11.8. The van der Waals surface area contributed by atoms with Gasteiger partial charge in [-0.1, -0.05) is 0 Å². The molecule has 0 spiro atoms. The maximum Gasteiger partial charge on any atom is 0.265 e. The van der Waals surface area contributed by atoms with Crippen LogP contribution in [0.2, 0.25) is 0 Å². The molecule has 0 saturated heterocycles. The zero-order valence-electron chi connectivity index (χ0n) is 21.3. The first-order chi connectivity index (χ1) is 17.7. The van der Waals surface area contributed by atoms with E-state index in [0.29, 0.717) is 47.9 Å². The zero-order valence-corrected chi connectivity index (χ0v) is 22.2. The highest BCUT2D eigenvalue weighted by Crippen LogP contribution is 2.31. The summed E-state index contributed by atoms with van der Waals surface area (Å²) in [7, 11) is -3.95. The van der Waals surface area contributed by atoms with Crippen LogP contribution in [0.1, 0.15) is 31.1 Å². The number of benzene rings is 2. The van der Waals surface area contributed by atoms with Crippen LogP contribution in [-0.2, 0) is 10.0 Å². The molecule has 0 aliphatic heterocycles. The summed E-state index contributed by atoms with van der Waals surface area (Å²) >= 11 is 0. The highest BCUT2D eigenvalue weighted by molar-refractivity contribution is 7.92. The molecule has 1 N–H and O–H groups in total. The summed E-state index contributed by atoms with van der Waals surface area (Å²) in [6, 6.07) is 13.0. The molecule has 2 aromatic heterocycles. The predicted octanol–water partition coefficient (Wildman–Crippen LogP) is 4.98. The molecule has 2 aromatic carbocycles. The molecule has 0 fully saturated rings. The number of aromatic nitrogens is 4. The number of imidazole rings is 1. The first-order valence-corrected chi connectivity index (χ1v) is 13.3. The number of anilines is 1. The standard InChI is InChI=1S/C26H29N5O5S/c1-6-34-22-12-13-23(35-7-2)24(14-22)37(32,33)30-20-8-10-21(11-9-20)36-26-15-25(28-19(5)29-26)31-16-27-17(3)18(31)4/h8-16,30H,6-7H2,1-5H3. The van der Waals surface area contributed by atoms with Gasteiger partial charge in [-0.3, -0.25) is 9.29 Å². The first kappa shape index (κ1) is 26.0. The second-order valence-electron chi connectivity index (χ2n) is 8.10. The van der Waals surface area contributed by atoms with Crippen molar-refractivity contribution in [3.05, 3.63) is 72.1 Å². The quantitative estimate of drug-likeness (QED) is 0.309. The number of ether oxygens (including phenoxy) is 3. The van der Waals surface area contributed by atoms with Gasteiger partial charge in [0.15, 0.2) is 0 Å². The second kappa shape index (κ2) is 10.9. The van der Waals surface area contributed by atoms with Crippen LogP contribution in [0.4, 0.5) is 5.69 Å². The van der Waals surface area contributed by atoms with Crippen LogP contribution in [0.15, 0.2) is 59.8 Å². The van der Waals surface area contributed by atoms with E-state index in [1.807, 2.05) is 25.3 Å². The third-order valence-corrected chi connectivity index (χ3v) is 6.85. The van der Waals surface area contributed by atoms with Crippen LogP contribution < -0.4 is 18.9 Å². The molecule has 0 radical (unpaired) electrons. The van der Waals surface area contributed by atoms with Gasteiger partial charge in [0.2, 0.25) is 5.88 Å². The SMILES string of the molecule is CCOc1ccc(OCC)c(S(=O)(=O)Nc2ccc(Oc3cc(-n4cnc(C)c4C)nc(C)n3)cc2)c1. The van der Waals surface area contributed by atoms with Gasteiger partial charge in [-0.15, -0.1) is 0 Å². The molecule has 2 heterocycles. The van der Waals surface area contributed by atoms with E-state index in [1.54, 1.807) is 62.6 Å². The third-order valence-electron chi connectivity index (χ3n) is 5.44. The largest absolute Gasteiger partial charge is 0.494 e. The highest BCUT2D eigenvalue weighted by atomic mass is 32.2. The van der Waals surface area contributed by atoms with Crippen molar-refractivity contribution in [3.63, 3.8) is 0 Å². The van der Waals surface area contributed by atoms with Crippen molar-refractivity contribution in [1.29, 1.82) is 0 Å². The lowest BCUT2D eigenvalue weighted by Crippen LogP contribution is -2.14. The summed E-state index contributed by atoms with van der Waals surface area (Å²) in [5.74, 6) is 2.72. The molecule has 0 saturated carbocycles. The number of nitrogens with zero attached hydrogens (tertiary/aromatic N) is 4. The van der Waals surface area contributed by atoms with Crippen LogP contribution >= 0.6 is 0 Å². The molecule has 0 aliphatic carbocycles. The van der Waals surface area contributed by atoms with Crippen LogP contribution in [0.5, 0.6) is 23.1 Å². The van der Waals surface area contributed by atoms with Crippen molar-refractivity contribution < 1.29 is 22.6 Å². The number of hydrogen-bond donors (Lipinski definition) is 1. The Morgan fingerprint density at radius 3 is 2.24 bits per heavy atom. The normalized spacial score (nSPS) is 11.3. The van der Waals surface area contributed by atoms with E-state index < -0.39 is 10.0 Å². The molecule has 4 aromatic rings. The Hall–Kier alpha value is -4.12. The van der Waals surface area contributed by atoms with Gasteiger partial charge in [-0.2, -0.15) is 4.98 Å². The Bertz CT molecular complexity index is 1500. The van der Waals surface area contributed by atoms with Gasteiger partial charge in [0.05, 0.1) is 18.9 Å². The van der Waals surface area contributed by atoms with Crippen LogP contribution in [-0.4, -0.2) is 41.2 Å². The highest BCUT2D eigenvalue weighted by Gasteiger charge is 2.21. The van der Waals surface area contributed by atoms with Gasteiger partial charge >= 0.3 is 0 Å². The molecule has 10 nitrogen and oxygen atoms in total. The molecule has 0 aliphatic rings. The number of nitrogens with one attached hydrogen (secondary N) is 1. The fourth-order valence-corrected chi connectivity index (χ4v) is 4.80. The molecular formula is C26H29N5O5S. The average molecular weight is 524 g/mol. The minimum Gasteiger partial charge on any atom is -0.494 e. The Labute approximate surface area is 216 Å². The van der Waals surface area contributed by atoms with E-state index in [-0.39, 0.29) is 10.6 Å². The zero-order chi connectivity index (χ0) is 26.6. The van der Waals surface area contributed by atoms with E-state index in [1.165, 1.54) is 6.07 Å². The second-order valence-corrected chi connectivity index (χ2v) is 9.75. The number of sulfonamides is 1. The van der Waals surface area contributed by atoms with Crippen molar-refractivity contribution in [3.8, 4) is 28.9 Å². The summed E-state index contributed by atoms with van der Waals surface area (Å²) in [6.45, 7) is 10.0. The minimum atomic E-state index is -3.95. The van der Waals surface area contributed by atoms with Gasteiger partial charge in [-0.05, 0) is 71.0 Å². The molecule has 0 bridgehead atoms. The van der Waals surface area contributed by atoms with Crippen LogP contribution in [0.25, 0.3) is 5.82 Å². The van der Waals surface area contributed by atoms with Gasteiger partial charge < -0.3 is 14.2 Å². The van der Waals surface area contributed by atoms with Crippen molar-refractivity contribution in [2.45, 2.75) is 39.5 Å². The topological polar surface area (TPSA) is 117 Å². The van der Waals surface area contributed by atoms with Crippen molar-refractivity contribution >= 4 is 15.7 Å². The third kappa shape index (κ3) is 6.00. The maximum absolute atomic E-state index is 13.2. The lowest BCUT2D eigenvalue weighted by Gasteiger charge is -2.14. The molecule has 194 valence electrons. The summed E-state index contributed by atoms with van der Waals surface area (Å²) < 4.78 is 47.7. The average Bonchev–Trinajstić information content (AvgIpc) is 3.19. The van der Waals surface area contributed by atoms with E-state index in [2.05, 4.69) is 19.7 Å². The summed E-state index contributed by atoms with van der Waals surface area (Å²) in [4.78, 5) is 13.1. The van der Waals surface area contributed by atoms with Gasteiger partial charge in [0.25, 0.3) is 10.0 Å². The number of rotatable bonds is 10. The lowest BCUT2D eigenvalue weighted by atomic mass is 10.3. The minimum absolute atomic E-state index is 0.00495. The summed E-state index contributed by atoms with van der Waals surface area (Å²) in [5, 5.41) is 0. The number of aryl methyl sites for hydroxylation is 2. The van der Waals surface area contributed by atoms with Crippen molar-refractivity contribution in [1.82, 2.24) is 19.5 Å². The van der Waals surface area contributed by atoms with Crippen molar-refractivity contribution in [2.24, 2.45) is 0 Å². The molecule has 0 atom stereocenters. The molecule has 0 amide bonds. The Morgan fingerprint density at radius 1 is 0.892 bits per heavy atom. The van der Waals surface area contributed by atoms with E-state index in [9.17, 15) is 8.42 Å². The van der Waals surface area contributed by atoms with E-state index in [4.69, 9.17) is 14.2 Å². The van der Waals surface area contributed by atoms with Gasteiger partial charge in [0, 0.05) is 23.5 Å². The summed E-state index contributed by atoms with van der Waals surface area (Å²) in [6.07, 6.45) is 1.71. The fraction of sp³-hybridized carbons (Fsp3) is 0.269. The van der Waals surface area contributed by atoms with Crippen molar-refractivity contribution in [2.75, 3.05) is 17.9 Å². The molecular weight excluding hydrogens is 494 g/mol. The molecule has 37 heavy (non-hydrogen) atoms. The summed E-state index contributed by atoms with van der Waals surface area (Å²) in [5.41, 5.74) is 2.25. The predicted molar refractivity (Wildman–Crippen MR) is 139 cm³/mol. The van der Waals surface area contributed by atoms with E-state index >= 15 is 0 Å². The molecule has 4 rings (SSSR count). The molecule has 0 unspecified atom stereocenters. The van der Waals surface area contributed by atoms with Gasteiger partial charge in [0.1, 0.15) is 40.1 Å². The Balaban J connectivity index is 1.54. The lowest BCUT2D eigenvalue weighted by molar-refractivity contribution is 0.322. The Kier molecular flexibility index (Phi) is 7.63. The fourth-order valence-electron chi connectivity index (χ4n) is 3.58. The monoisotopic (exact) mass is 523 g/mol. The van der Waals surface area contributed by atoms with Gasteiger partial charge in [-0.25, -0.2) is 18.4 Å². The Morgan fingerprint density at radius 2 is 1.59 bits per heavy atom. The van der Waals surface area contributed by atoms with E-state index in [0.717, 1.165) is 11.4 Å². The molecule has 11 heteroatoms. The maximum atomic E-state index is 13.2. The smallest absolute Gasteiger partial charge is 0.265 e. The van der Waals surface area contributed by atoms with Crippen LogP contribution in [0.3, 0.4) is 0 Å². The number of hydrogen-bond acceptors (Lipinski definition) is 8.